The van der Waals surface area contributed by atoms with E-state index in [2.05, 4.69) is 21.2 Å². The molecule has 4 nitrogen and oxygen atoms in total. The third kappa shape index (κ3) is 3.46. The summed E-state index contributed by atoms with van der Waals surface area (Å²) in [4.78, 5) is 10.3. The van der Waals surface area contributed by atoms with Crippen molar-refractivity contribution in [2.45, 2.75) is 6.54 Å². The minimum atomic E-state index is -0.676. The Morgan fingerprint density at radius 3 is 2.75 bits per heavy atom. The van der Waals surface area contributed by atoms with Gasteiger partial charge in [0.25, 0.3) is 5.69 Å². The van der Waals surface area contributed by atoms with Gasteiger partial charge in [0.05, 0.1) is 15.5 Å². The van der Waals surface area contributed by atoms with Gasteiger partial charge in [-0.15, -0.1) is 0 Å². The number of nitro groups is 1. The van der Waals surface area contributed by atoms with Crippen molar-refractivity contribution in [2.75, 3.05) is 5.32 Å². The second-order valence-electron chi connectivity index (χ2n) is 4.02. The van der Waals surface area contributed by atoms with E-state index in [0.717, 1.165) is 11.6 Å². The molecule has 0 spiro atoms. The van der Waals surface area contributed by atoms with E-state index in [1.165, 1.54) is 6.07 Å². The predicted molar refractivity (Wildman–Crippen MR) is 79.5 cm³/mol. The molecule has 0 unspecified atom stereocenters. The van der Waals surface area contributed by atoms with Gasteiger partial charge in [-0.2, -0.15) is 0 Å². The van der Waals surface area contributed by atoms with E-state index in [1.807, 2.05) is 6.07 Å². The van der Waals surface area contributed by atoms with Gasteiger partial charge in [0.1, 0.15) is 11.5 Å². The van der Waals surface area contributed by atoms with Gasteiger partial charge in [0.2, 0.25) is 0 Å². The minimum Gasteiger partial charge on any atom is -0.375 e. The van der Waals surface area contributed by atoms with Crippen LogP contribution in [0.25, 0.3) is 0 Å². The molecule has 0 saturated carbocycles. The van der Waals surface area contributed by atoms with Crippen molar-refractivity contribution in [1.29, 1.82) is 0 Å². The van der Waals surface area contributed by atoms with E-state index < -0.39 is 10.7 Å². The van der Waals surface area contributed by atoms with Crippen LogP contribution in [0.15, 0.2) is 40.9 Å². The first-order valence-corrected chi connectivity index (χ1v) is 6.76. The van der Waals surface area contributed by atoms with Crippen molar-refractivity contribution in [3.63, 3.8) is 0 Å². The largest absolute Gasteiger partial charge is 0.375 e. The van der Waals surface area contributed by atoms with Gasteiger partial charge >= 0.3 is 0 Å². The van der Waals surface area contributed by atoms with Crippen molar-refractivity contribution >= 4 is 38.9 Å². The number of nitrogens with one attached hydrogen (secondary N) is 1. The molecule has 1 N–H and O–H groups in total. The Hall–Kier alpha value is -1.66. The number of halogens is 3. The van der Waals surface area contributed by atoms with Gasteiger partial charge in [0, 0.05) is 11.6 Å². The van der Waals surface area contributed by atoms with E-state index in [4.69, 9.17) is 11.6 Å². The standard InChI is InChI=1S/C13H9BrClFN2O2/c14-10-5-12(13(18(19)20)6-11(10)16)17-7-8-2-1-3-9(15)4-8/h1-6,17H,7H2. The van der Waals surface area contributed by atoms with Crippen LogP contribution < -0.4 is 5.32 Å². The number of anilines is 1. The maximum Gasteiger partial charge on any atom is 0.295 e. The number of benzene rings is 2. The number of nitrogens with zero attached hydrogens (tertiary/aromatic N) is 1. The average Bonchev–Trinajstić information content (AvgIpc) is 2.39. The molecule has 0 aromatic heterocycles. The fourth-order valence-corrected chi connectivity index (χ4v) is 2.23. The topological polar surface area (TPSA) is 55.2 Å². The summed E-state index contributed by atoms with van der Waals surface area (Å²) in [6.07, 6.45) is 0. The number of nitro benzene ring substituents is 1. The van der Waals surface area contributed by atoms with Gasteiger partial charge in [-0.25, -0.2) is 4.39 Å². The van der Waals surface area contributed by atoms with Gasteiger partial charge in [-0.3, -0.25) is 10.1 Å². The molecule has 0 amide bonds. The molecular weight excluding hydrogens is 351 g/mol. The smallest absolute Gasteiger partial charge is 0.295 e. The molecule has 0 aliphatic rings. The predicted octanol–water partition coefficient (Wildman–Crippen LogP) is 4.76. The van der Waals surface area contributed by atoms with Crippen molar-refractivity contribution in [3.8, 4) is 0 Å². The maximum absolute atomic E-state index is 13.3. The molecule has 0 aliphatic carbocycles. The van der Waals surface area contributed by atoms with Crippen LogP contribution >= 0.6 is 27.5 Å². The molecular formula is C13H9BrClFN2O2. The second-order valence-corrected chi connectivity index (χ2v) is 5.31. The molecule has 2 rings (SSSR count). The Labute approximate surface area is 127 Å². The van der Waals surface area contributed by atoms with Gasteiger partial charge in [0.15, 0.2) is 0 Å². The normalized spacial score (nSPS) is 10.3. The van der Waals surface area contributed by atoms with E-state index in [0.29, 0.717) is 11.6 Å². The molecule has 20 heavy (non-hydrogen) atoms. The number of rotatable bonds is 4. The lowest BCUT2D eigenvalue weighted by Gasteiger charge is -2.08. The van der Waals surface area contributed by atoms with E-state index >= 15 is 0 Å². The van der Waals surface area contributed by atoms with Crippen LogP contribution in [0.2, 0.25) is 5.02 Å². The van der Waals surface area contributed by atoms with Crippen molar-refractivity contribution in [3.05, 3.63) is 67.4 Å². The Bertz CT molecular complexity index is 667. The van der Waals surface area contributed by atoms with Crippen LogP contribution in [0.1, 0.15) is 5.56 Å². The van der Waals surface area contributed by atoms with Gasteiger partial charge in [-0.1, -0.05) is 23.7 Å². The summed E-state index contributed by atoms with van der Waals surface area (Å²) in [5.74, 6) is -0.676. The molecule has 2 aromatic rings. The van der Waals surface area contributed by atoms with Gasteiger partial charge < -0.3 is 5.32 Å². The fourth-order valence-electron chi connectivity index (χ4n) is 1.67. The van der Waals surface area contributed by atoms with Gasteiger partial charge in [-0.05, 0) is 39.7 Å². The third-order valence-corrected chi connectivity index (χ3v) is 3.45. The summed E-state index contributed by atoms with van der Waals surface area (Å²) in [5, 5.41) is 14.4. The van der Waals surface area contributed by atoms with Crippen LogP contribution in [0.5, 0.6) is 0 Å². The average molecular weight is 360 g/mol. The summed E-state index contributed by atoms with van der Waals surface area (Å²) in [6.45, 7) is 0.347. The summed E-state index contributed by atoms with van der Waals surface area (Å²) in [5.41, 5.74) is 0.795. The first kappa shape index (κ1) is 14.7. The molecule has 2 aromatic carbocycles. The lowest BCUT2D eigenvalue weighted by atomic mass is 10.2. The van der Waals surface area contributed by atoms with Crippen LogP contribution in [0, 0.1) is 15.9 Å². The van der Waals surface area contributed by atoms with E-state index in [1.54, 1.807) is 18.2 Å². The molecule has 104 valence electrons. The molecule has 0 radical (unpaired) electrons. The highest BCUT2D eigenvalue weighted by molar-refractivity contribution is 9.10. The molecule has 0 atom stereocenters. The second kappa shape index (κ2) is 6.19. The van der Waals surface area contributed by atoms with Crippen molar-refractivity contribution < 1.29 is 9.31 Å². The van der Waals surface area contributed by atoms with Crippen LogP contribution in [0.4, 0.5) is 15.8 Å². The Morgan fingerprint density at radius 1 is 1.35 bits per heavy atom. The highest BCUT2D eigenvalue weighted by Crippen LogP contribution is 2.30. The quantitative estimate of drug-likeness (QED) is 0.632. The molecule has 7 heteroatoms. The monoisotopic (exact) mass is 358 g/mol. The minimum absolute atomic E-state index is 0.164. The Morgan fingerprint density at radius 2 is 2.10 bits per heavy atom. The molecule has 0 aliphatic heterocycles. The first-order chi connectivity index (χ1) is 9.47. The van der Waals surface area contributed by atoms with Crippen molar-refractivity contribution in [1.82, 2.24) is 0 Å². The third-order valence-electron chi connectivity index (χ3n) is 2.61. The fraction of sp³-hybridized carbons (Fsp3) is 0.0769. The summed E-state index contributed by atoms with van der Waals surface area (Å²) >= 11 is 8.87. The zero-order valence-corrected chi connectivity index (χ0v) is 12.4. The highest BCUT2D eigenvalue weighted by Gasteiger charge is 2.17. The van der Waals surface area contributed by atoms with Crippen LogP contribution in [0.3, 0.4) is 0 Å². The summed E-state index contributed by atoms with van der Waals surface area (Å²) in [7, 11) is 0. The number of hydrogen-bond donors (Lipinski definition) is 1. The van der Waals surface area contributed by atoms with Crippen molar-refractivity contribution in [2.24, 2.45) is 0 Å². The highest BCUT2D eigenvalue weighted by atomic mass is 79.9. The Kier molecular flexibility index (Phi) is 4.57. The van der Waals surface area contributed by atoms with Crippen LogP contribution in [-0.2, 0) is 6.54 Å². The summed E-state index contributed by atoms with van der Waals surface area (Å²) < 4.78 is 13.5. The number of hydrogen-bond acceptors (Lipinski definition) is 3. The lowest BCUT2D eigenvalue weighted by Crippen LogP contribution is -2.03. The van der Waals surface area contributed by atoms with Crippen LogP contribution in [-0.4, -0.2) is 4.92 Å². The summed E-state index contributed by atoms with van der Waals surface area (Å²) in [6, 6.07) is 9.33. The lowest BCUT2D eigenvalue weighted by molar-refractivity contribution is -0.384. The molecule has 0 bridgehead atoms. The zero-order valence-electron chi connectivity index (χ0n) is 10.1. The molecule has 0 fully saturated rings. The van der Waals surface area contributed by atoms with E-state index in [9.17, 15) is 14.5 Å². The maximum atomic E-state index is 13.3. The van der Waals surface area contributed by atoms with E-state index in [-0.39, 0.29) is 15.8 Å². The zero-order chi connectivity index (χ0) is 14.7. The molecule has 0 heterocycles. The SMILES string of the molecule is O=[N+]([O-])c1cc(F)c(Br)cc1NCc1cccc(Cl)c1. The molecule has 0 saturated heterocycles. The first-order valence-electron chi connectivity index (χ1n) is 5.59. The Balaban J connectivity index is 2.24.